The van der Waals surface area contributed by atoms with Crippen molar-refractivity contribution in [1.82, 2.24) is 0 Å². The lowest BCUT2D eigenvalue weighted by Crippen LogP contribution is -2.31. The summed E-state index contributed by atoms with van der Waals surface area (Å²) in [6.07, 6.45) is 0.296. The first-order chi connectivity index (χ1) is 14.3. The van der Waals surface area contributed by atoms with Crippen LogP contribution in [0.4, 0.5) is 21.9 Å². The Bertz CT molecular complexity index is 1110. The Kier molecular flexibility index (Phi) is 3.78. The van der Waals surface area contributed by atoms with Crippen molar-refractivity contribution in [2.24, 2.45) is 5.41 Å². The minimum atomic E-state index is -0.558. The maximum absolute atomic E-state index is 13.7. The smallest absolute Gasteiger partial charge is 0.414 e. The molecule has 30 heavy (non-hydrogen) atoms. The third-order valence-electron chi connectivity index (χ3n) is 6.56. The molecule has 1 atom stereocenters. The third-order valence-corrected chi connectivity index (χ3v) is 6.56. The van der Waals surface area contributed by atoms with Crippen LogP contribution in [0.3, 0.4) is 0 Å². The van der Waals surface area contributed by atoms with Crippen LogP contribution in [-0.4, -0.2) is 38.2 Å². The number of benzene rings is 2. The van der Waals surface area contributed by atoms with Crippen LogP contribution in [0.1, 0.15) is 36.2 Å². The van der Waals surface area contributed by atoms with Gasteiger partial charge in [-0.1, -0.05) is 32.0 Å². The summed E-state index contributed by atoms with van der Waals surface area (Å²) in [5.74, 6) is -0.544. The fourth-order valence-corrected chi connectivity index (χ4v) is 4.89. The molecule has 2 aromatic rings. The fourth-order valence-electron chi connectivity index (χ4n) is 4.89. The van der Waals surface area contributed by atoms with E-state index in [9.17, 15) is 14.4 Å². The number of ether oxygens (including phenoxy) is 2. The first-order valence-electron chi connectivity index (χ1n) is 9.92. The highest BCUT2D eigenvalue weighted by Crippen LogP contribution is 2.70. The topological polar surface area (TPSA) is 76.2 Å². The lowest BCUT2D eigenvalue weighted by molar-refractivity contribution is -0.120. The number of methoxy groups -OCH3 is 1. The molecule has 2 aromatic carbocycles. The number of anilines is 3. The van der Waals surface area contributed by atoms with Gasteiger partial charge in [-0.25, -0.2) is 9.59 Å². The second-order valence-electron chi connectivity index (χ2n) is 8.62. The monoisotopic (exact) mass is 406 g/mol. The van der Waals surface area contributed by atoms with E-state index >= 15 is 0 Å². The van der Waals surface area contributed by atoms with Gasteiger partial charge in [0.05, 0.1) is 41.7 Å². The molecule has 0 radical (unpaired) electrons. The predicted octanol–water partition coefficient (Wildman–Crippen LogP) is 3.78. The summed E-state index contributed by atoms with van der Waals surface area (Å²) < 4.78 is 9.95. The van der Waals surface area contributed by atoms with E-state index in [2.05, 4.69) is 13.8 Å². The molecule has 154 valence electrons. The normalized spacial score (nSPS) is 23.6. The van der Waals surface area contributed by atoms with Gasteiger partial charge in [-0.05, 0) is 41.7 Å². The zero-order chi connectivity index (χ0) is 21.3. The molecule has 1 saturated heterocycles. The van der Waals surface area contributed by atoms with Crippen molar-refractivity contribution >= 4 is 35.0 Å². The van der Waals surface area contributed by atoms with Gasteiger partial charge in [-0.2, -0.15) is 0 Å². The summed E-state index contributed by atoms with van der Waals surface area (Å²) in [7, 11) is 1.30. The Balaban J connectivity index is 1.68. The van der Waals surface area contributed by atoms with Crippen LogP contribution in [0.2, 0.25) is 0 Å². The van der Waals surface area contributed by atoms with Crippen LogP contribution >= 0.6 is 0 Å². The number of amides is 2. The molecule has 5 rings (SSSR count). The highest BCUT2D eigenvalue weighted by atomic mass is 16.6. The first-order valence-corrected chi connectivity index (χ1v) is 9.92. The fraction of sp³-hybridized carbons (Fsp3) is 0.348. The average molecular weight is 406 g/mol. The predicted molar refractivity (Wildman–Crippen MR) is 110 cm³/mol. The molecule has 2 heterocycles. The van der Waals surface area contributed by atoms with Gasteiger partial charge in [0.1, 0.15) is 6.61 Å². The molecule has 2 fully saturated rings. The van der Waals surface area contributed by atoms with Gasteiger partial charge in [0.15, 0.2) is 0 Å². The van der Waals surface area contributed by atoms with Crippen LogP contribution < -0.4 is 9.80 Å². The van der Waals surface area contributed by atoms with Gasteiger partial charge < -0.3 is 9.47 Å². The summed E-state index contributed by atoms with van der Waals surface area (Å²) >= 11 is 0. The maximum atomic E-state index is 13.7. The molecule has 2 aliphatic heterocycles. The molecule has 3 aliphatic rings. The molecule has 2 amide bonds. The summed E-state index contributed by atoms with van der Waals surface area (Å²) in [5.41, 5.74) is 2.41. The summed E-state index contributed by atoms with van der Waals surface area (Å²) in [5, 5.41) is 0. The number of esters is 1. The Morgan fingerprint density at radius 2 is 1.80 bits per heavy atom. The number of carbonyl (C=O) groups excluding carboxylic acids is 3. The summed E-state index contributed by atoms with van der Waals surface area (Å²) in [6, 6.07) is 12.8. The van der Waals surface area contributed by atoms with E-state index in [0.717, 1.165) is 17.7 Å². The van der Waals surface area contributed by atoms with E-state index in [-0.39, 0.29) is 23.5 Å². The highest BCUT2D eigenvalue weighted by molar-refractivity contribution is 6.16. The Labute approximate surface area is 174 Å². The molecule has 1 saturated carbocycles. The quantitative estimate of drug-likeness (QED) is 0.725. The molecule has 0 aromatic heterocycles. The van der Waals surface area contributed by atoms with Crippen molar-refractivity contribution < 1.29 is 23.9 Å². The number of fused-ring (bicyclic) bond motifs is 2. The molecule has 1 aliphatic carbocycles. The number of para-hydroxylation sites is 1. The van der Waals surface area contributed by atoms with Crippen LogP contribution in [0.5, 0.6) is 0 Å². The van der Waals surface area contributed by atoms with Gasteiger partial charge in [-0.3, -0.25) is 14.6 Å². The number of cyclic esters (lactones) is 1. The largest absolute Gasteiger partial charge is 0.465 e. The van der Waals surface area contributed by atoms with Crippen molar-refractivity contribution in [3.63, 3.8) is 0 Å². The van der Waals surface area contributed by atoms with Gasteiger partial charge in [-0.15, -0.1) is 0 Å². The zero-order valence-electron chi connectivity index (χ0n) is 17.1. The molecule has 0 unspecified atom stereocenters. The average Bonchev–Trinajstić information content (AvgIpc) is 2.99. The van der Waals surface area contributed by atoms with E-state index in [0.29, 0.717) is 17.9 Å². The van der Waals surface area contributed by atoms with Gasteiger partial charge in [0.25, 0.3) is 0 Å². The van der Waals surface area contributed by atoms with Crippen LogP contribution in [0.15, 0.2) is 42.5 Å². The van der Waals surface area contributed by atoms with Crippen molar-refractivity contribution in [3.8, 4) is 0 Å². The maximum Gasteiger partial charge on any atom is 0.414 e. The minimum absolute atomic E-state index is 0.00864. The molecule has 7 heteroatoms. The number of nitrogens with zero attached hydrogens (tertiary/aromatic N) is 2. The number of carbonyl (C=O) groups is 3. The molecular formula is C23H22N2O5. The van der Waals surface area contributed by atoms with Crippen molar-refractivity contribution in [2.75, 3.05) is 30.1 Å². The SMILES string of the molecule is COC(=O)c1cc(N2CCOC2=O)cc(N2C(=O)[C@]3(CC3(C)C)c3ccccc32)c1. The van der Waals surface area contributed by atoms with Gasteiger partial charge in [0, 0.05) is 0 Å². The number of hydrogen-bond acceptors (Lipinski definition) is 5. The van der Waals surface area contributed by atoms with Crippen LogP contribution in [-0.2, 0) is 19.7 Å². The zero-order valence-corrected chi connectivity index (χ0v) is 17.1. The lowest BCUT2D eigenvalue weighted by Gasteiger charge is -2.22. The standard InChI is InChI=1S/C23H22N2O5/c1-22(2)13-23(22)17-6-4-5-7-18(17)25(20(23)27)16-11-14(19(26)29-3)10-15(12-16)24-8-9-30-21(24)28/h4-7,10-12H,8-9,13H2,1-3H3/t23-/m0/s1. The van der Waals surface area contributed by atoms with Crippen molar-refractivity contribution in [1.29, 1.82) is 0 Å². The number of rotatable bonds is 3. The van der Waals surface area contributed by atoms with E-state index in [1.807, 2.05) is 24.3 Å². The Morgan fingerprint density at radius 1 is 1.10 bits per heavy atom. The van der Waals surface area contributed by atoms with Crippen LogP contribution in [0, 0.1) is 5.41 Å². The summed E-state index contributed by atoms with van der Waals surface area (Å²) in [6.45, 7) is 4.85. The Morgan fingerprint density at radius 3 is 2.43 bits per heavy atom. The van der Waals surface area contributed by atoms with Gasteiger partial charge in [0.2, 0.25) is 5.91 Å². The van der Waals surface area contributed by atoms with Gasteiger partial charge >= 0.3 is 12.1 Å². The van der Waals surface area contributed by atoms with Crippen LogP contribution in [0.25, 0.3) is 0 Å². The van der Waals surface area contributed by atoms with Crippen molar-refractivity contribution in [2.45, 2.75) is 25.7 Å². The number of hydrogen-bond donors (Lipinski definition) is 0. The second-order valence-corrected chi connectivity index (χ2v) is 8.62. The molecule has 7 nitrogen and oxygen atoms in total. The molecule has 0 bridgehead atoms. The molecule has 1 spiro atoms. The highest BCUT2D eigenvalue weighted by Gasteiger charge is 2.72. The second kappa shape index (κ2) is 6.08. The lowest BCUT2D eigenvalue weighted by atomic mass is 9.89. The van der Waals surface area contributed by atoms with E-state index in [4.69, 9.17) is 9.47 Å². The third kappa shape index (κ3) is 2.35. The van der Waals surface area contributed by atoms with E-state index in [1.165, 1.54) is 12.0 Å². The Hall–Kier alpha value is -3.35. The first kappa shape index (κ1) is 18.7. The summed E-state index contributed by atoms with van der Waals surface area (Å²) in [4.78, 5) is 41.3. The van der Waals surface area contributed by atoms with E-state index < -0.39 is 17.5 Å². The van der Waals surface area contributed by atoms with Crippen molar-refractivity contribution in [3.05, 3.63) is 53.6 Å². The van der Waals surface area contributed by atoms with E-state index in [1.54, 1.807) is 23.1 Å². The molecular weight excluding hydrogens is 384 g/mol. The molecule has 0 N–H and O–H groups in total. The minimum Gasteiger partial charge on any atom is -0.465 e.